The number of methoxy groups -OCH3 is 2. The summed E-state index contributed by atoms with van der Waals surface area (Å²) >= 11 is 3.37. The summed E-state index contributed by atoms with van der Waals surface area (Å²) in [6, 6.07) is 3.43. The summed E-state index contributed by atoms with van der Waals surface area (Å²) in [5, 5.41) is 8.75. The van der Waals surface area contributed by atoms with Crippen molar-refractivity contribution in [2.75, 3.05) is 27.4 Å². The van der Waals surface area contributed by atoms with Crippen molar-refractivity contribution in [2.24, 2.45) is 0 Å². The van der Waals surface area contributed by atoms with Crippen LogP contribution in [0, 0.1) is 0 Å². The largest absolute Gasteiger partial charge is 0.493 e. The van der Waals surface area contributed by atoms with Crippen LogP contribution in [-0.2, 0) is 9.53 Å². The number of rotatable bonds is 6. The Morgan fingerprint density at radius 1 is 1.37 bits per heavy atom. The van der Waals surface area contributed by atoms with Crippen molar-refractivity contribution in [3.8, 4) is 11.5 Å². The number of aliphatic hydroxyl groups excluding tert-OH is 1. The van der Waals surface area contributed by atoms with Crippen LogP contribution < -0.4 is 9.47 Å². The van der Waals surface area contributed by atoms with Gasteiger partial charge in [-0.2, -0.15) is 0 Å². The summed E-state index contributed by atoms with van der Waals surface area (Å²) in [6.07, 6.45) is 2.92. The fraction of sp³-hybridized carbons (Fsp3) is 0.308. The van der Waals surface area contributed by atoms with Gasteiger partial charge in [-0.05, 0) is 23.8 Å². The fourth-order valence-corrected chi connectivity index (χ4v) is 1.79. The minimum atomic E-state index is -0.438. The van der Waals surface area contributed by atoms with Crippen molar-refractivity contribution in [3.05, 3.63) is 28.2 Å². The second-order valence-corrected chi connectivity index (χ2v) is 4.31. The molecule has 0 unspecified atom stereocenters. The zero-order valence-corrected chi connectivity index (χ0v) is 12.3. The summed E-state index contributed by atoms with van der Waals surface area (Å²) < 4.78 is 15.8. The van der Waals surface area contributed by atoms with E-state index >= 15 is 0 Å². The highest BCUT2D eigenvalue weighted by Gasteiger charge is 2.09. The molecule has 1 aromatic carbocycles. The molecule has 1 aromatic rings. The Kier molecular flexibility index (Phi) is 6.38. The predicted molar refractivity (Wildman–Crippen MR) is 74.3 cm³/mol. The van der Waals surface area contributed by atoms with Crippen LogP contribution >= 0.6 is 15.9 Å². The Morgan fingerprint density at radius 3 is 2.68 bits per heavy atom. The van der Waals surface area contributed by atoms with Gasteiger partial charge in [0.1, 0.15) is 6.61 Å². The molecule has 6 heteroatoms. The summed E-state index contributed by atoms with van der Waals surface area (Å²) in [6.45, 7) is 0.102. The number of benzene rings is 1. The van der Waals surface area contributed by atoms with Crippen LogP contribution in [0.5, 0.6) is 11.5 Å². The van der Waals surface area contributed by atoms with Gasteiger partial charge in [0.25, 0.3) is 0 Å². The third-order valence-corrected chi connectivity index (χ3v) is 2.92. The van der Waals surface area contributed by atoms with Crippen LogP contribution in [0.1, 0.15) is 5.56 Å². The minimum Gasteiger partial charge on any atom is -0.493 e. The zero-order valence-electron chi connectivity index (χ0n) is 10.7. The molecule has 5 nitrogen and oxygen atoms in total. The molecule has 0 spiro atoms. The lowest BCUT2D eigenvalue weighted by atomic mass is 10.2. The number of esters is 1. The second-order valence-electron chi connectivity index (χ2n) is 3.45. The molecular formula is C13H15BrO5. The van der Waals surface area contributed by atoms with E-state index in [1.807, 2.05) is 0 Å². The first-order valence-corrected chi connectivity index (χ1v) is 6.29. The van der Waals surface area contributed by atoms with Crippen LogP contribution in [0.3, 0.4) is 0 Å². The van der Waals surface area contributed by atoms with E-state index in [0.29, 0.717) is 11.5 Å². The molecule has 0 radical (unpaired) electrons. The Morgan fingerprint density at radius 2 is 2.11 bits per heavy atom. The van der Waals surface area contributed by atoms with Crippen molar-refractivity contribution < 1.29 is 24.1 Å². The molecule has 0 heterocycles. The van der Waals surface area contributed by atoms with Crippen LogP contribution in [0.4, 0.5) is 0 Å². The van der Waals surface area contributed by atoms with Gasteiger partial charge in [0.15, 0.2) is 11.5 Å². The van der Waals surface area contributed by atoms with E-state index in [9.17, 15) is 4.79 Å². The molecule has 0 aliphatic heterocycles. The molecule has 0 fully saturated rings. The van der Waals surface area contributed by atoms with Gasteiger partial charge < -0.3 is 19.3 Å². The fourth-order valence-electron chi connectivity index (χ4n) is 1.33. The van der Waals surface area contributed by atoms with Gasteiger partial charge in [0.2, 0.25) is 0 Å². The average molecular weight is 331 g/mol. The third-order valence-electron chi connectivity index (χ3n) is 2.23. The summed E-state index contributed by atoms with van der Waals surface area (Å²) in [5.41, 5.74) is 0.749. The summed E-state index contributed by atoms with van der Waals surface area (Å²) in [4.78, 5) is 11.1. The lowest BCUT2D eigenvalue weighted by Gasteiger charge is -2.11. The Hall–Kier alpha value is -1.53. The van der Waals surface area contributed by atoms with Gasteiger partial charge in [0.05, 0.1) is 20.8 Å². The highest BCUT2D eigenvalue weighted by atomic mass is 79.9. The van der Waals surface area contributed by atoms with Crippen LogP contribution in [0.25, 0.3) is 6.08 Å². The first kappa shape index (κ1) is 15.5. The quantitative estimate of drug-likeness (QED) is 0.638. The normalized spacial score (nSPS) is 10.5. The van der Waals surface area contributed by atoms with Gasteiger partial charge in [-0.1, -0.05) is 15.9 Å². The van der Waals surface area contributed by atoms with Gasteiger partial charge in [-0.15, -0.1) is 0 Å². The van der Waals surface area contributed by atoms with Crippen molar-refractivity contribution in [2.45, 2.75) is 0 Å². The van der Waals surface area contributed by atoms with E-state index < -0.39 is 5.97 Å². The van der Waals surface area contributed by atoms with E-state index in [1.54, 1.807) is 18.2 Å². The molecule has 19 heavy (non-hydrogen) atoms. The highest BCUT2D eigenvalue weighted by Crippen LogP contribution is 2.34. The molecule has 0 aromatic heterocycles. The van der Waals surface area contributed by atoms with Gasteiger partial charge in [-0.25, -0.2) is 4.79 Å². The Balaban J connectivity index is 3.01. The Labute approximate surface area is 119 Å². The number of hydrogen-bond acceptors (Lipinski definition) is 5. The number of hydrogen-bond donors (Lipinski definition) is 1. The number of halogens is 1. The van der Waals surface area contributed by atoms with Crippen LogP contribution in [0.2, 0.25) is 0 Å². The molecule has 0 saturated carbocycles. The molecule has 0 aliphatic carbocycles. The molecule has 0 amide bonds. The van der Waals surface area contributed by atoms with Crippen molar-refractivity contribution in [1.82, 2.24) is 0 Å². The molecule has 1 rings (SSSR count). The maximum absolute atomic E-state index is 11.1. The number of ether oxygens (including phenoxy) is 3. The van der Waals surface area contributed by atoms with Crippen molar-refractivity contribution >= 4 is 28.0 Å². The van der Waals surface area contributed by atoms with Gasteiger partial charge in [-0.3, -0.25) is 0 Å². The SMILES string of the molecule is COC(=O)/C=C/c1cc(OC)c(OCCO)cc1Br. The molecule has 0 atom stereocenters. The first-order chi connectivity index (χ1) is 9.12. The molecule has 0 bridgehead atoms. The van der Waals surface area contributed by atoms with E-state index in [-0.39, 0.29) is 13.2 Å². The van der Waals surface area contributed by atoms with Crippen LogP contribution in [-0.4, -0.2) is 38.5 Å². The van der Waals surface area contributed by atoms with E-state index in [0.717, 1.165) is 10.0 Å². The highest BCUT2D eigenvalue weighted by molar-refractivity contribution is 9.10. The molecule has 1 N–H and O–H groups in total. The molecule has 0 aliphatic rings. The van der Waals surface area contributed by atoms with Gasteiger partial charge in [0, 0.05) is 10.5 Å². The summed E-state index contributed by atoms with van der Waals surface area (Å²) in [7, 11) is 2.83. The minimum absolute atomic E-state index is 0.0786. The standard InChI is InChI=1S/C13H15BrO5/c1-17-11-7-9(3-4-13(16)18-2)10(14)8-12(11)19-6-5-15/h3-4,7-8,15H,5-6H2,1-2H3/b4-3+. The maximum Gasteiger partial charge on any atom is 0.330 e. The first-order valence-electron chi connectivity index (χ1n) is 5.49. The monoisotopic (exact) mass is 330 g/mol. The second kappa shape index (κ2) is 7.81. The lowest BCUT2D eigenvalue weighted by Crippen LogP contribution is -2.03. The van der Waals surface area contributed by atoms with Crippen LogP contribution in [0.15, 0.2) is 22.7 Å². The van der Waals surface area contributed by atoms with Crippen molar-refractivity contribution in [1.29, 1.82) is 0 Å². The molecular weight excluding hydrogens is 316 g/mol. The number of aliphatic hydroxyl groups is 1. The Bertz CT molecular complexity index is 470. The van der Waals surface area contributed by atoms with E-state index in [4.69, 9.17) is 14.6 Å². The summed E-state index contributed by atoms with van der Waals surface area (Å²) in [5.74, 6) is 0.589. The molecule has 0 saturated heterocycles. The maximum atomic E-state index is 11.1. The smallest absolute Gasteiger partial charge is 0.330 e. The van der Waals surface area contributed by atoms with Gasteiger partial charge >= 0.3 is 5.97 Å². The topological polar surface area (TPSA) is 65.0 Å². The lowest BCUT2D eigenvalue weighted by molar-refractivity contribution is -0.134. The third kappa shape index (κ3) is 4.57. The number of carbonyl (C=O) groups excluding carboxylic acids is 1. The average Bonchev–Trinajstić information content (AvgIpc) is 2.43. The predicted octanol–water partition coefficient (Wildman–Crippen LogP) is 2.01. The van der Waals surface area contributed by atoms with E-state index in [2.05, 4.69) is 20.7 Å². The van der Waals surface area contributed by atoms with Crippen molar-refractivity contribution in [3.63, 3.8) is 0 Å². The van der Waals surface area contributed by atoms with E-state index in [1.165, 1.54) is 20.3 Å². The zero-order chi connectivity index (χ0) is 14.3. The number of carbonyl (C=O) groups is 1. The molecule has 104 valence electrons.